The lowest BCUT2D eigenvalue weighted by Crippen LogP contribution is -1.91. The van der Waals surface area contributed by atoms with Gasteiger partial charge in [-0.3, -0.25) is 0 Å². The number of fused-ring (bicyclic) bond motifs is 1. The van der Waals surface area contributed by atoms with Crippen molar-refractivity contribution in [2.75, 3.05) is 0 Å². The molecule has 0 aliphatic rings. The lowest BCUT2D eigenvalue weighted by Gasteiger charge is -2.07. The molecule has 2 rings (SSSR count). The molecule has 4 heteroatoms. The van der Waals surface area contributed by atoms with E-state index in [0.29, 0.717) is 5.15 Å². The van der Waals surface area contributed by atoms with Crippen LogP contribution in [0.1, 0.15) is 19.4 Å². The Bertz CT molecular complexity index is 646. The Morgan fingerprint density at radius 3 is 2.72 bits per heavy atom. The van der Waals surface area contributed by atoms with Gasteiger partial charge in [0.05, 0.1) is 5.52 Å². The van der Waals surface area contributed by atoms with E-state index < -0.39 is 0 Å². The van der Waals surface area contributed by atoms with E-state index in [0.717, 1.165) is 22.0 Å². The molecule has 1 aromatic carbocycles. The van der Waals surface area contributed by atoms with Gasteiger partial charge >= 0.3 is 0 Å². The number of allylic oxidation sites excluding steroid dienone is 4. The Labute approximate surface area is 116 Å². The summed E-state index contributed by atoms with van der Waals surface area (Å²) < 4.78 is 0. The number of benzene rings is 1. The van der Waals surface area contributed by atoms with Crippen LogP contribution in [-0.2, 0) is 0 Å². The smallest absolute Gasteiger partial charge is 0.217 e. The molecule has 2 nitrogen and oxygen atoms in total. The van der Waals surface area contributed by atoms with Gasteiger partial charge in [0.25, 0.3) is 0 Å². The minimum Gasteiger partial charge on any atom is -0.217 e. The molecule has 0 spiro atoms. The normalized spacial score (nSPS) is 12.6. The lowest BCUT2D eigenvalue weighted by atomic mass is 10.0. The Morgan fingerprint density at radius 1 is 1.22 bits per heavy atom. The van der Waals surface area contributed by atoms with E-state index in [-0.39, 0.29) is 5.28 Å². The van der Waals surface area contributed by atoms with E-state index >= 15 is 0 Å². The highest BCUT2D eigenvalue weighted by Gasteiger charge is 2.09. The van der Waals surface area contributed by atoms with Crippen LogP contribution in [0.5, 0.6) is 0 Å². The van der Waals surface area contributed by atoms with Gasteiger partial charge in [-0.15, -0.1) is 0 Å². The molecule has 1 heterocycles. The summed E-state index contributed by atoms with van der Waals surface area (Å²) in [6, 6.07) is 5.82. The SMILES string of the molecule is C/C=C\C=C(/C)c1cccc2c(Cl)nc(Cl)nc12. The van der Waals surface area contributed by atoms with Crippen molar-refractivity contribution >= 4 is 39.7 Å². The first-order valence-electron chi connectivity index (χ1n) is 5.55. The van der Waals surface area contributed by atoms with E-state index in [1.54, 1.807) is 0 Å². The Kier molecular flexibility index (Phi) is 4.00. The largest absolute Gasteiger partial charge is 0.224 e. The van der Waals surface area contributed by atoms with Crippen molar-refractivity contribution in [2.24, 2.45) is 0 Å². The van der Waals surface area contributed by atoms with E-state index in [9.17, 15) is 0 Å². The molecule has 0 fully saturated rings. The first kappa shape index (κ1) is 13.1. The first-order valence-corrected chi connectivity index (χ1v) is 6.31. The van der Waals surface area contributed by atoms with E-state index in [2.05, 4.69) is 9.97 Å². The number of para-hydroxylation sites is 1. The molecule has 0 unspecified atom stereocenters. The zero-order chi connectivity index (χ0) is 13.1. The quantitative estimate of drug-likeness (QED) is 0.443. The highest BCUT2D eigenvalue weighted by molar-refractivity contribution is 6.35. The molecular formula is C14H12Cl2N2. The van der Waals surface area contributed by atoms with E-state index in [1.807, 2.05) is 50.3 Å². The molecule has 1 aromatic heterocycles. The fourth-order valence-corrected chi connectivity index (χ4v) is 2.18. The van der Waals surface area contributed by atoms with Crippen LogP contribution < -0.4 is 0 Å². The molecule has 0 amide bonds. The summed E-state index contributed by atoms with van der Waals surface area (Å²) in [4.78, 5) is 8.22. The fraction of sp³-hybridized carbons (Fsp3) is 0.143. The molecule has 0 aliphatic heterocycles. The predicted molar refractivity (Wildman–Crippen MR) is 78.0 cm³/mol. The molecule has 0 aliphatic carbocycles. The molecule has 92 valence electrons. The summed E-state index contributed by atoms with van der Waals surface area (Å²) in [5.41, 5.74) is 2.89. The summed E-state index contributed by atoms with van der Waals surface area (Å²) in [5.74, 6) is 0. The fourth-order valence-electron chi connectivity index (χ4n) is 1.74. The second-order valence-corrected chi connectivity index (χ2v) is 4.56. The van der Waals surface area contributed by atoms with Gasteiger partial charge in [-0.2, -0.15) is 0 Å². The molecule has 0 saturated heterocycles. The molecule has 0 bridgehead atoms. The van der Waals surface area contributed by atoms with Crippen LogP contribution in [0, 0.1) is 0 Å². The van der Waals surface area contributed by atoms with Gasteiger partial charge in [-0.05, 0) is 37.1 Å². The maximum atomic E-state index is 6.07. The predicted octanol–water partition coefficient (Wildman–Crippen LogP) is 4.92. The highest BCUT2D eigenvalue weighted by atomic mass is 35.5. The number of hydrogen-bond acceptors (Lipinski definition) is 2. The van der Waals surface area contributed by atoms with Gasteiger partial charge in [0.1, 0.15) is 5.15 Å². The molecule has 18 heavy (non-hydrogen) atoms. The molecule has 0 N–H and O–H groups in total. The van der Waals surface area contributed by atoms with Crippen LogP contribution in [0.15, 0.2) is 36.4 Å². The zero-order valence-corrected chi connectivity index (χ0v) is 11.6. The van der Waals surface area contributed by atoms with Crippen LogP contribution in [0.4, 0.5) is 0 Å². The first-order chi connectivity index (χ1) is 8.63. The summed E-state index contributed by atoms with van der Waals surface area (Å²) >= 11 is 11.9. The van der Waals surface area contributed by atoms with E-state index in [4.69, 9.17) is 23.2 Å². The Morgan fingerprint density at radius 2 is 2.00 bits per heavy atom. The Balaban J connectivity index is 2.72. The third-order valence-corrected chi connectivity index (χ3v) is 3.07. The van der Waals surface area contributed by atoms with Crippen molar-refractivity contribution in [3.63, 3.8) is 0 Å². The average molecular weight is 279 g/mol. The third kappa shape index (κ3) is 2.55. The number of hydrogen-bond donors (Lipinski definition) is 0. The topological polar surface area (TPSA) is 25.8 Å². The standard InChI is InChI=1S/C14H12Cl2N2/c1-3-4-6-9(2)10-7-5-8-11-12(10)17-14(16)18-13(11)15/h3-8H,1-2H3/b4-3-,9-6+. The van der Waals surface area contributed by atoms with Gasteiger partial charge < -0.3 is 0 Å². The minimum absolute atomic E-state index is 0.166. The maximum Gasteiger partial charge on any atom is 0.224 e. The van der Waals surface area contributed by atoms with Crippen molar-refractivity contribution in [1.29, 1.82) is 0 Å². The van der Waals surface area contributed by atoms with Gasteiger partial charge in [0, 0.05) is 10.9 Å². The average Bonchev–Trinajstić information content (AvgIpc) is 2.35. The summed E-state index contributed by atoms with van der Waals surface area (Å²) in [5, 5.41) is 1.36. The second-order valence-electron chi connectivity index (χ2n) is 3.86. The number of nitrogens with zero attached hydrogens (tertiary/aromatic N) is 2. The van der Waals surface area contributed by atoms with Gasteiger partial charge in [0.15, 0.2) is 0 Å². The van der Waals surface area contributed by atoms with Crippen molar-refractivity contribution in [2.45, 2.75) is 13.8 Å². The van der Waals surface area contributed by atoms with Crippen LogP contribution in [0.25, 0.3) is 16.5 Å². The number of aromatic nitrogens is 2. The molecule has 0 saturated carbocycles. The minimum atomic E-state index is 0.166. The van der Waals surface area contributed by atoms with Gasteiger partial charge in [-0.1, -0.05) is 42.0 Å². The number of rotatable bonds is 2. The maximum absolute atomic E-state index is 6.07. The lowest BCUT2D eigenvalue weighted by molar-refractivity contribution is 1.22. The summed E-state index contributed by atoms with van der Waals surface area (Å²) in [6.07, 6.45) is 5.99. The molecule has 2 aromatic rings. The third-order valence-electron chi connectivity index (χ3n) is 2.62. The van der Waals surface area contributed by atoms with Crippen LogP contribution in [0.2, 0.25) is 10.4 Å². The second kappa shape index (κ2) is 5.51. The van der Waals surface area contributed by atoms with Crippen LogP contribution in [-0.4, -0.2) is 9.97 Å². The van der Waals surface area contributed by atoms with Crippen molar-refractivity contribution in [1.82, 2.24) is 9.97 Å². The molecular weight excluding hydrogens is 267 g/mol. The van der Waals surface area contributed by atoms with Gasteiger partial charge in [0.2, 0.25) is 5.28 Å². The van der Waals surface area contributed by atoms with Crippen molar-refractivity contribution < 1.29 is 0 Å². The van der Waals surface area contributed by atoms with E-state index in [1.165, 1.54) is 0 Å². The Hall–Kier alpha value is -1.38. The summed E-state index contributed by atoms with van der Waals surface area (Å²) in [6.45, 7) is 4.00. The number of halogens is 2. The zero-order valence-electron chi connectivity index (χ0n) is 10.1. The highest BCUT2D eigenvalue weighted by Crippen LogP contribution is 2.28. The van der Waals surface area contributed by atoms with Crippen molar-refractivity contribution in [3.05, 3.63) is 52.4 Å². The van der Waals surface area contributed by atoms with Gasteiger partial charge in [-0.25, -0.2) is 9.97 Å². The van der Waals surface area contributed by atoms with Crippen LogP contribution >= 0.6 is 23.2 Å². The van der Waals surface area contributed by atoms with Crippen LogP contribution in [0.3, 0.4) is 0 Å². The molecule has 0 atom stereocenters. The molecule has 0 radical (unpaired) electrons. The van der Waals surface area contributed by atoms with Crippen molar-refractivity contribution in [3.8, 4) is 0 Å². The monoisotopic (exact) mass is 278 g/mol. The summed E-state index contributed by atoms with van der Waals surface area (Å²) in [7, 11) is 0.